The van der Waals surface area contributed by atoms with Crippen LogP contribution in [0.15, 0.2) is 29.9 Å². The largest absolute Gasteiger partial charge is 0.398 e. The molecule has 13 heavy (non-hydrogen) atoms. The van der Waals surface area contributed by atoms with Crippen molar-refractivity contribution >= 4 is 29.4 Å². The Kier molecular flexibility index (Phi) is 3.22. The summed E-state index contributed by atoms with van der Waals surface area (Å²) < 4.78 is 0. The predicted octanol–water partition coefficient (Wildman–Crippen LogP) is 2.21. The van der Waals surface area contributed by atoms with Crippen molar-refractivity contribution in [1.29, 1.82) is 0 Å². The van der Waals surface area contributed by atoms with E-state index in [1.165, 1.54) is 0 Å². The third-order valence-electron chi connectivity index (χ3n) is 1.41. The average molecular weight is 214 g/mol. The van der Waals surface area contributed by atoms with E-state index in [1.54, 1.807) is 29.8 Å². The number of nitrogens with two attached hydrogens (primary N) is 1. The maximum absolute atomic E-state index is 5.57. The Morgan fingerprint density at radius 1 is 1.23 bits per heavy atom. The van der Waals surface area contributed by atoms with E-state index >= 15 is 0 Å². The summed E-state index contributed by atoms with van der Waals surface area (Å²) in [7, 11) is 0. The molecule has 0 unspecified atom stereocenters. The molecule has 0 saturated carbocycles. The minimum absolute atomic E-state index is 0. The van der Waals surface area contributed by atoms with E-state index in [9.17, 15) is 0 Å². The summed E-state index contributed by atoms with van der Waals surface area (Å²) in [5.74, 6) is 0.735. The lowest BCUT2D eigenvalue weighted by molar-refractivity contribution is 1.19. The van der Waals surface area contributed by atoms with Gasteiger partial charge in [-0.25, -0.2) is 9.97 Å². The third-order valence-corrected chi connectivity index (χ3v) is 2.35. The SMILES string of the molecule is Cl.Nc1csc(-c2ncccn2)c1. The van der Waals surface area contributed by atoms with Gasteiger partial charge in [-0.3, -0.25) is 0 Å². The molecular weight excluding hydrogens is 206 g/mol. The average Bonchev–Trinajstić information content (AvgIpc) is 2.54. The predicted molar refractivity (Wildman–Crippen MR) is 57.0 cm³/mol. The Hall–Kier alpha value is -1.13. The highest BCUT2D eigenvalue weighted by Gasteiger charge is 2.01. The van der Waals surface area contributed by atoms with Gasteiger partial charge in [-0.2, -0.15) is 0 Å². The van der Waals surface area contributed by atoms with Gasteiger partial charge in [-0.1, -0.05) is 0 Å². The number of halogens is 1. The van der Waals surface area contributed by atoms with Crippen LogP contribution in [-0.2, 0) is 0 Å². The third kappa shape index (κ3) is 2.17. The van der Waals surface area contributed by atoms with Crippen molar-refractivity contribution in [2.45, 2.75) is 0 Å². The van der Waals surface area contributed by atoms with Crippen LogP contribution in [0.2, 0.25) is 0 Å². The summed E-state index contributed by atoms with van der Waals surface area (Å²) in [6.45, 7) is 0. The first-order valence-corrected chi connectivity index (χ1v) is 4.35. The van der Waals surface area contributed by atoms with Gasteiger partial charge in [-0.15, -0.1) is 23.7 Å². The van der Waals surface area contributed by atoms with Crippen LogP contribution in [0.3, 0.4) is 0 Å². The van der Waals surface area contributed by atoms with Crippen LogP contribution in [0.25, 0.3) is 10.7 Å². The van der Waals surface area contributed by atoms with Crippen LogP contribution >= 0.6 is 23.7 Å². The van der Waals surface area contributed by atoms with E-state index in [1.807, 2.05) is 11.4 Å². The lowest BCUT2D eigenvalue weighted by Crippen LogP contribution is -1.83. The fourth-order valence-corrected chi connectivity index (χ4v) is 1.64. The van der Waals surface area contributed by atoms with Crippen LogP contribution in [0, 0.1) is 0 Å². The number of nitrogens with zero attached hydrogens (tertiary/aromatic N) is 2. The second-order valence-corrected chi connectivity index (χ2v) is 3.23. The first-order chi connectivity index (χ1) is 5.86. The molecule has 0 fully saturated rings. The van der Waals surface area contributed by atoms with Crippen LogP contribution in [0.5, 0.6) is 0 Å². The molecule has 5 heteroatoms. The molecule has 0 saturated heterocycles. The van der Waals surface area contributed by atoms with Crippen molar-refractivity contribution in [3.05, 3.63) is 29.9 Å². The first kappa shape index (κ1) is 9.95. The standard InChI is InChI=1S/C8H7N3S.ClH/c9-6-4-7(12-5-6)8-10-2-1-3-11-8;/h1-5H,9H2;1H. The lowest BCUT2D eigenvalue weighted by Gasteiger charge is -1.91. The van der Waals surface area contributed by atoms with Crippen molar-refractivity contribution in [2.24, 2.45) is 0 Å². The van der Waals surface area contributed by atoms with Gasteiger partial charge in [0.1, 0.15) is 0 Å². The Morgan fingerprint density at radius 2 is 1.92 bits per heavy atom. The number of thiophene rings is 1. The number of rotatable bonds is 1. The highest BCUT2D eigenvalue weighted by Crippen LogP contribution is 2.24. The van der Waals surface area contributed by atoms with Gasteiger partial charge < -0.3 is 5.73 Å². The lowest BCUT2D eigenvalue weighted by atomic mass is 10.4. The zero-order chi connectivity index (χ0) is 8.39. The minimum atomic E-state index is 0. The normalized spacial score (nSPS) is 9.23. The summed E-state index contributed by atoms with van der Waals surface area (Å²) in [5.41, 5.74) is 6.34. The van der Waals surface area contributed by atoms with Crippen molar-refractivity contribution in [1.82, 2.24) is 9.97 Å². The number of aromatic nitrogens is 2. The molecule has 68 valence electrons. The number of nitrogen functional groups attached to an aromatic ring is 1. The van der Waals surface area contributed by atoms with Gasteiger partial charge in [0.2, 0.25) is 0 Å². The van der Waals surface area contributed by atoms with E-state index in [-0.39, 0.29) is 12.4 Å². The Bertz CT molecular complexity index is 374. The molecule has 0 aromatic carbocycles. The molecule has 3 nitrogen and oxygen atoms in total. The van der Waals surface area contributed by atoms with E-state index in [4.69, 9.17) is 5.73 Å². The van der Waals surface area contributed by atoms with Gasteiger partial charge >= 0.3 is 0 Å². The smallest absolute Gasteiger partial charge is 0.169 e. The Morgan fingerprint density at radius 3 is 2.46 bits per heavy atom. The molecule has 0 aliphatic carbocycles. The Balaban J connectivity index is 0.000000845. The summed E-state index contributed by atoms with van der Waals surface area (Å²) >= 11 is 1.55. The maximum Gasteiger partial charge on any atom is 0.169 e. The summed E-state index contributed by atoms with van der Waals surface area (Å²) in [4.78, 5) is 9.22. The van der Waals surface area contributed by atoms with E-state index in [0.717, 1.165) is 16.4 Å². The van der Waals surface area contributed by atoms with Crippen molar-refractivity contribution in [2.75, 3.05) is 5.73 Å². The van der Waals surface area contributed by atoms with Crippen LogP contribution < -0.4 is 5.73 Å². The zero-order valence-electron chi connectivity index (χ0n) is 6.68. The van der Waals surface area contributed by atoms with E-state index in [0.29, 0.717) is 0 Å². The second-order valence-electron chi connectivity index (χ2n) is 2.32. The first-order valence-electron chi connectivity index (χ1n) is 3.47. The van der Waals surface area contributed by atoms with E-state index in [2.05, 4.69) is 9.97 Å². The minimum Gasteiger partial charge on any atom is -0.398 e. The zero-order valence-corrected chi connectivity index (χ0v) is 8.31. The molecular formula is C8H8ClN3S. The molecule has 2 aromatic heterocycles. The van der Waals surface area contributed by atoms with Gasteiger partial charge in [0.25, 0.3) is 0 Å². The molecule has 0 bridgehead atoms. The molecule has 2 N–H and O–H groups in total. The molecule has 0 radical (unpaired) electrons. The van der Waals surface area contributed by atoms with Crippen LogP contribution in [-0.4, -0.2) is 9.97 Å². The second kappa shape index (κ2) is 4.20. The highest BCUT2D eigenvalue weighted by atomic mass is 35.5. The van der Waals surface area contributed by atoms with Crippen LogP contribution in [0.1, 0.15) is 0 Å². The summed E-state index contributed by atoms with van der Waals surface area (Å²) in [6.07, 6.45) is 3.44. The highest BCUT2D eigenvalue weighted by molar-refractivity contribution is 7.13. The fraction of sp³-hybridized carbons (Fsp3) is 0. The van der Waals surface area contributed by atoms with Gasteiger partial charge in [0.05, 0.1) is 4.88 Å². The monoisotopic (exact) mass is 213 g/mol. The van der Waals surface area contributed by atoms with Gasteiger partial charge in [-0.05, 0) is 12.1 Å². The van der Waals surface area contributed by atoms with Crippen molar-refractivity contribution in [3.63, 3.8) is 0 Å². The van der Waals surface area contributed by atoms with Crippen LogP contribution in [0.4, 0.5) is 5.69 Å². The number of anilines is 1. The molecule has 2 aromatic rings. The fourth-order valence-electron chi connectivity index (χ4n) is 0.895. The van der Waals surface area contributed by atoms with Gasteiger partial charge in [0.15, 0.2) is 5.82 Å². The van der Waals surface area contributed by atoms with Crippen molar-refractivity contribution < 1.29 is 0 Å². The number of hydrogen-bond donors (Lipinski definition) is 1. The molecule has 0 amide bonds. The molecule has 0 aliphatic rings. The molecule has 0 aliphatic heterocycles. The molecule has 2 rings (SSSR count). The quantitative estimate of drug-likeness (QED) is 0.790. The summed E-state index contributed by atoms with van der Waals surface area (Å²) in [5, 5.41) is 1.88. The molecule has 0 atom stereocenters. The van der Waals surface area contributed by atoms with E-state index < -0.39 is 0 Å². The molecule has 0 spiro atoms. The topological polar surface area (TPSA) is 51.8 Å². The number of hydrogen-bond acceptors (Lipinski definition) is 4. The Labute approximate surface area is 86.1 Å². The van der Waals surface area contributed by atoms with Crippen molar-refractivity contribution in [3.8, 4) is 10.7 Å². The summed E-state index contributed by atoms with van der Waals surface area (Å²) in [6, 6.07) is 3.67. The maximum atomic E-state index is 5.57. The van der Waals surface area contributed by atoms with Gasteiger partial charge in [0, 0.05) is 23.5 Å². The molecule has 2 heterocycles.